The van der Waals surface area contributed by atoms with Gasteiger partial charge in [-0.3, -0.25) is 0 Å². The van der Waals surface area contributed by atoms with Crippen molar-refractivity contribution in [2.75, 3.05) is 0 Å². The van der Waals surface area contributed by atoms with Gasteiger partial charge < -0.3 is 4.42 Å². The summed E-state index contributed by atoms with van der Waals surface area (Å²) < 4.78 is 5.44. The first-order valence-corrected chi connectivity index (χ1v) is 5.88. The van der Waals surface area contributed by atoms with Crippen molar-refractivity contribution < 1.29 is 4.42 Å². The highest BCUT2D eigenvalue weighted by Gasteiger charge is 2.07. The van der Waals surface area contributed by atoms with Crippen LogP contribution >= 0.6 is 11.6 Å². The first-order valence-electron chi connectivity index (χ1n) is 5.50. The number of fused-ring (bicyclic) bond motifs is 1. The third kappa shape index (κ3) is 1.95. The van der Waals surface area contributed by atoms with Gasteiger partial charge in [0.25, 0.3) is 0 Å². The van der Waals surface area contributed by atoms with Crippen LogP contribution in [0.2, 0.25) is 5.28 Å². The fraction of sp³-hybridized carbons (Fsp3) is 0.154. The fourth-order valence-corrected chi connectivity index (χ4v) is 2.11. The molecule has 5 heteroatoms. The number of nitrogens with zero attached hydrogens (tertiary/aromatic N) is 3. The Kier molecular flexibility index (Phi) is 2.52. The van der Waals surface area contributed by atoms with Crippen LogP contribution < -0.4 is 0 Å². The summed E-state index contributed by atoms with van der Waals surface area (Å²) in [7, 11) is 0. The molecule has 18 heavy (non-hydrogen) atoms. The molecule has 0 N–H and O–H groups in total. The van der Waals surface area contributed by atoms with E-state index in [0.29, 0.717) is 5.89 Å². The largest absolute Gasteiger partial charge is 0.441 e. The average molecular weight is 260 g/mol. The zero-order valence-corrected chi connectivity index (χ0v) is 10.7. The van der Waals surface area contributed by atoms with Crippen molar-refractivity contribution in [3.05, 3.63) is 41.1 Å². The van der Waals surface area contributed by atoms with E-state index in [9.17, 15) is 0 Å². The lowest BCUT2D eigenvalue weighted by Crippen LogP contribution is -1.90. The molecule has 0 radical (unpaired) electrons. The Morgan fingerprint density at radius 3 is 2.67 bits per heavy atom. The predicted molar refractivity (Wildman–Crippen MR) is 69.5 cm³/mol. The van der Waals surface area contributed by atoms with Crippen LogP contribution in [0.15, 0.2) is 28.7 Å². The maximum atomic E-state index is 5.87. The Morgan fingerprint density at radius 1 is 1.06 bits per heavy atom. The SMILES string of the molecule is Cc1cc(-c2ccc3oc(C)nc3c2)nc(Cl)n1. The molecule has 0 aliphatic heterocycles. The second kappa shape index (κ2) is 4.07. The zero-order chi connectivity index (χ0) is 12.7. The summed E-state index contributed by atoms with van der Waals surface area (Å²) in [6.45, 7) is 3.71. The van der Waals surface area contributed by atoms with Crippen molar-refractivity contribution in [1.29, 1.82) is 0 Å². The third-order valence-corrected chi connectivity index (χ3v) is 2.79. The summed E-state index contributed by atoms with van der Waals surface area (Å²) in [5, 5.41) is 0.251. The fourth-order valence-electron chi connectivity index (χ4n) is 1.88. The molecule has 1 aromatic carbocycles. The second-order valence-corrected chi connectivity index (χ2v) is 4.42. The van der Waals surface area contributed by atoms with Crippen LogP contribution in [0, 0.1) is 13.8 Å². The van der Waals surface area contributed by atoms with Crippen molar-refractivity contribution in [3.8, 4) is 11.3 Å². The molecule has 0 amide bonds. The van der Waals surface area contributed by atoms with Gasteiger partial charge in [-0.25, -0.2) is 15.0 Å². The van der Waals surface area contributed by atoms with Gasteiger partial charge in [0.15, 0.2) is 11.5 Å². The molecule has 0 aliphatic carbocycles. The van der Waals surface area contributed by atoms with Gasteiger partial charge in [-0.05, 0) is 42.8 Å². The van der Waals surface area contributed by atoms with Gasteiger partial charge in [-0.15, -0.1) is 0 Å². The summed E-state index contributed by atoms with van der Waals surface area (Å²) in [6.07, 6.45) is 0. The van der Waals surface area contributed by atoms with Crippen LogP contribution in [0.1, 0.15) is 11.6 Å². The molecule has 0 spiro atoms. The maximum absolute atomic E-state index is 5.87. The highest BCUT2D eigenvalue weighted by atomic mass is 35.5. The molecule has 2 heterocycles. The molecule has 0 saturated carbocycles. The maximum Gasteiger partial charge on any atom is 0.223 e. The minimum atomic E-state index is 0.251. The Hall–Kier alpha value is -1.94. The normalized spacial score (nSPS) is 11.1. The molecular formula is C13H10ClN3O. The minimum absolute atomic E-state index is 0.251. The molecule has 3 aromatic rings. The lowest BCUT2D eigenvalue weighted by molar-refractivity contribution is 0.561. The molecule has 0 saturated heterocycles. The van der Waals surface area contributed by atoms with Gasteiger partial charge in [0, 0.05) is 18.2 Å². The standard InChI is InChI=1S/C13H10ClN3O/c1-7-5-10(17-13(14)15-7)9-3-4-12-11(6-9)16-8(2)18-12/h3-6H,1-2H3. The van der Waals surface area contributed by atoms with Crippen molar-refractivity contribution in [2.24, 2.45) is 0 Å². The van der Waals surface area contributed by atoms with E-state index in [1.807, 2.05) is 38.1 Å². The average Bonchev–Trinajstić information content (AvgIpc) is 2.66. The van der Waals surface area contributed by atoms with Gasteiger partial charge in [0.05, 0.1) is 5.69 Å². The summed E-state index contributed by atoms with van der Waals surface area (Å²) in [4.78, 5) is 12.6. The Balaban J connectivity index is 2.18. The molecule has 90 valence electrons. The highest BCUT2D eigenvalue weighted by molar-refractivity contribution is 6.28. The summed E-state index contributed by atoms with van der Waals surface area (Å²) >= 11 is 5.87. The smallest absolute Gasteiger partial charge is 0.223 e. The number of aryl methyl sites for hydroxylation is 2. The number of aromatic nitrogens is 3. The predicted octanol–water partition coefficient (Wildman–Crippen LogP) is 3.56. The van der Waals surface area contributed by atoms with Crippen LogP contribution in [-0.2, 0) is 0 Å². The Labute approximate surface area is 109 Å². The van der Waals surface area contributed by atoms with Gasteiger partial charge in [-0.1, -0.05) is 0 Å². The Bertz CT molecular complexity index is 716. The van der Waals surface area contributed by atoms with Crippen LogP contribution in [0.3, 0.4) is 0 Å². The van der Waals surface area contributed by atoms with Crippen LogP contribution in [0.4, 0.5) is 0 Å². The lowest BCUT2D eigenvalue weighted by Gasteiger charge is -2.02. The molecule has 4 nitrogen and oxygen atoms in total. The third-order valence-electron chi connectivity index (χ3n) is 2.62. The molecule has 0 fully saturated rings. The highest BCUT2D eigenvalue weighted by Crippen LogP contribution is 2.24. The topological polar surface area (TPSA) is 51.8 Å². The van der Waals surface area contributed by atoms with Crippen molar-refractivity contribution in [1.82, 2.24) is 15.0 Å². The first kappa shape index (κ1) is 11.2. The van der Waals surface area contributed by atoms with Gasteiger partial charge >= 0.3 is 0 Å². The molecule has 2 aromatic heterocycles. The van der Waals surface area contributed by atoms with Gasteiger partial charge in [0.1, 0.15) is 5.52 Å². The molecule has 0 aliphatic rings. The summed E-state index contributed by atoms with van der Waals surface area (Å²) in [6, 6.07) is 7.64. The van der Waals surface area contributed by atoms with Crippen molar-refractivity contribution in [2.45, 2.75) is 13.8 Å². The number of hydrogen-bond donors (Lipinski definition) is 0. The van der Waals surface area contributed by atoms with Gasteiger partial charge in [-0.2, -0.15) is 0 Å². The molecule has 3 rings (SSSR count). The van der Waals surface area contributed by atoms with E-state index in [0.717, 1.165) is 28.1 Å². The van der Waals surface area contributed by atoms with Crippen molar-refractivity contribution >= 4 is 22.7 Å². The monoisotopic (exact) mass is 259 g/mol. The number of rotatable bonds is 1. The minimum Gasteiger partial charge on any atom is -0.441 e. The summed E-state index contributed by atoms with van der Waals surface area (Å²) in [5.41, 5.74) is 4.16. The van der Waals surface area contributed by atoms with E-state index in [1.165, 1.54) is 0 Å². The van der Waals surface area contributed by atoms with E-state index in [4.69, 9.17) is 16.0 Å². The molecule has 0 atom stereocenters. The molecule has 0 bridgehead atoms. The van der Waals surface area contributed by atoms with Gasteiger partial charge in [0.2, 0.25) is 5.28 Å². The zero-order valence-electron chi connectivity index (χ0n) is 9.94. The van der Waals surface area contributed by atoms with E-state index in [1.54, 1.807) is 0 Å². The van der Waals surface area contributed by atoms with E-state index in [2.05, 4.69) is 15.0 Å². The quantitative estimate of drug-likeness (QED) is 0.627. The molecular weight excluding hydrogens is 250 g/mol. The van der Waals surface area contributed by atoms with E-state index < -0.39 is 0 Å². The number of oxazole rings is 1. The first-order chi connectivity index (χ1) is 8.61. The number of benzene rings is 1. The number of hydrogen-bond acceptors (Lipinski definition) is 4. The van der Waals surface area contributed by atoms with Crippen LogP contribution in [0.25, 0.3) is 22.4 Å². The van der Waals surface area contributed by atoms with Crippen molar-refractivity contribution in [3.63, 3.8) is 0 Å². The van der Waals surface area contributed by atoms with Crippen LogP contribution in [-0.4, -0.2) is 15.0 Å². The van der Waals surface area contributed by atoms with Crippen LogP contribution in [0.5, 0.6) is 0 Å². The second-order valence-electron chi connectivity index (χ2n) is 4.08. The lowest BCUT2D eigenvalue weighted by atomic mass is 10.1. The summed E-state index contributed by atoms with van der Waals surface area (Å²) in [5.74, 6) is 0.652. The van der Waals surface area contributed by atoms with E-state index >= 15 is 0 Å². The van der Waals surface area contributed by atoms with E-state index in [-0.39, 0.29) is 5.28 Å². The number of halogens is 1. The Morgan fingerprint density at radius 2 is 1.89 bits per heavy atom. The molecule has 0 unspecified atom stereocenters.